The van der Waals surface area contributed by atoms with Crippen LogP contribution < -0.4 is 30.6 Å². The fourth-order valence-electron chi connectivity index (χ4n) is 2.71. The number of nitrogens with two attached hydrogens (primary N) is 1. The molecular formula is C21H28N4O4. The van der Waals surface area contributed by atoms with E-state index in [1.807, 2.05) is 31.2 Å². The minimum absolute atomic E-state index is 0.423. The van der Waals surface area contributed by atoms with Crippen molar-refractivity contribution < 1.29 is 19.0 Å². The first-order chi connectivity index (χ1) is 14.0. The fourth-order valence-corrected chi connectivity index (χ4v) is 2.71. The lowest BCUT2D eigenvalue weighted by Gasteiger charge is -2.14. The summed E-state index contributed by atoms with van der Waals surface area (Å²) in [6.07, 6.45) is 0. The molecule has 29 heavy (non-hydrogen) atoms. The number of carbonyl (C=O) groups excluding carboxylic acids is 1. The van der Waals surface area contributed by atoms with Gasteiger partial charge < -0.3 is 30.6 Å². The minimum Gasteiger partial charge on any atom is -0.493 e. The number of benzene rings is 2. The number of amides is 1. The molecule has 2 aromatic rings. The largest absolute Gasteiger partial charge is 0.493 e. The Hall–Kier alpha value is -3.42. The van der Waals surface area contributed by atoms with Crippen LogP contribution >= 0.6 is 0 Å². The molecule has 0 saturated heterocycles. The van der Waals surface area contributed by atoms with Crippen LogP contribution in [0.4, 0.5) is 0 Å². The molecule has 8 nitrogen and oxygen atoms in total. The van der Waals surface area contributed by atoms with Crippen molar-refractivity contribution in [1.82, 2.24) is 10.6 Å². The standard InChI is InChI=1S/C21H28N4O4/c1-5-23-21(24-12-14-6-8-16(9-7-14)20(22)26)25-13-15-10-17(27-2)19(29-4)18(11-15)28-3/h6-11H,5,12-13H2,1-4H3,(H2,22,26)(H2,23,24,25). The average molecular weight is 400 g/mol. The van der Waals surface area contributed by atoms with Gasteiger partial charge in [0.25, 0.3) is 0 Å². The molecule has 0 aliphatic rings. The first kappa shape index (κ1) is 21.9. The Morgan fingerprint density at radius 1 is 0.966 bits per heavy atom. The van der Waals surface area contributed by atoms with E-state index in [1.54, 1.807) is 33.5 Å². The Balaban J connectivity index is 2.11. The zero-order valence-corrected chi connectivity index (χ0v) is 17.2. The molecule has 0 saturated carbocycles. The van der Waals surface area contributed by atoms with E-state index in [4.69, 9.17) is 19.9 Å². The number of primary amides is 1. The van der Waals surface area contributed by atoms with Crippen LogP contribution in [-0.2, 0) is 13.1 Å². The molecule has 1 amide bonds. The van der Waals surface area contributed by atoms with E-state index in [2.05, 4.69) is 15.6 Å². The topological polar surface area (TPSA) is 107 Å². The van der Waals surface area contributed by atoms with Crippen molar-refractivity contribution in [3.63, 3.8) is 0 Å². The van der Waals surface area contributed by atoms with Gasteiger partial charge in [0.1, 0.15) is 0 Å². The Kier molecular flexibility index (Phi) is 8.14. The number of methoxy groups -OCH3 is 3. The zero-order valence-electron chi connectivity index (χ0n) is 17.2. The summed E-state index contributed by atoms with van der Waals surface area (Å²) in [5.74, 6) is 1.95. The summed E-state index contributed by atoms with van der Waals surface area (Å²) in [4.78, 5) is 15.8. The van der Waals surface area contributed by atoms with E-state index >= 15 is 0 Å². The molecule has 0 aliphatic carbocycles. The summed E-state index contributed by atoms with van der Waals surface area (Å²) < 4.78 is 16.1. The number of aliphatic imine (C=N–C) groups is 1. The number of nitrogens with one attached hydrogen (secondary N) is 2. The maximum absolute atomic E-state index is 11.2. The van der Waals surface area contributed by atoms with Gasteiger partial charge >= 0.3 is 0 Å². The van der Waals surface area contributed by atoms with Crippen molar-refractivity contribution in [2.75, 3.05) is 27.9 Å². The zero-order chi connectivity index (χ0) is 21.2. The molecule has 0 bridgehead atoms. The van der Waals surface area contributed by atoms with E-state index in [0.29, 0.717) is 41.9 Å². The molecule has 2 aromatic carbocycles. The lowest BCUT2D eigenvalue weighted by atomic mass is 10.1. The van der Waals surface area contributed by atoms with Crippen molar-refractivity contribution in [3.05, 3.63) is 53.1 Å². The Labute approximate surface area is 171 Å². The maximum atomic E-state index is 11.2. The second kappa shape index (κ2) is 10.8. The van der Waals surface area contributed by atoms with Crippen LogP contribution in [0.25, 0.3) is 0 Å². The summed E-state index contributed by atoms with van der Waals surface area (Å²) >= 11 is 0. The predicted molar refractivity (Wildman–Crippen MR) is 113 cm³/mol. The molecule has 4 N–H and O–H groups in total. The molecule has 0 fully saturated rings. The second-order valence-corrected chi connectivity index (χ2v) is 6.14. The number of hydrogen-bond donors (Lipinski definition) is 3. The maximum Gasteiger partial charge on any atom is 0.248 e. The van der Waals surface area contributed by atoms with E-state index in [0.717, 1.165) is 17.7 Å². The number of nitrogens with zero attached hydrogens (tertiary/aromatic N) is 1. The van der Waals surface area contributed by atoms with Gasteiger partial charge in [-0.25, -0.2) is 4.99 Å². The minimum atomic E-state index is -0.440. The van der Waals surface area contributed by atoms with Crippen LogP contribution in [-0.4, -0.2) is 39.7 Å². The molecule has 0 unspecified atom stereocenters. The number of guanidine groups is 1. The molecule has 2 rings (SSSR count). The monoisotopic (exact) mass is 400 g/mol. The first-order valence-electron chi connectivity index (χ1n) is 9.22. The number of hydrogen-bond acceptors (Lipinski definition) is 5. The van der Waals surface area contributed by atoms with E-state index in [9.17, 15) is 4.79 Å². The van der Waals surface area contributed by atoms with Gasteiger partial charge in [0, 0.05) is 18.7 Å². The van der Waals surface area contributed by atoms with Crippen LogP contribution in [0.2, 0.25) is 0 Å². The highest BCUT2D eigenvalue weighted by atomic mass is 16.5. The first-order valence-corrected chi connectivity index (χ1v) is 9.22. The molecule has 0 aromatic heterocycles. The number of rotatable bonds is 9. The molecule has 0 heterocycles. The highest BCUT2D eigenvalue weighted by Gasteiger charge is 2.13. The molecular weight excluding hydrogens is 372 g/mol. The Morgan fingerprint density at radius 3 is 2.07 bits per heavy atom. The normalized spacial score (nSPS) is 11.0. The highest BCUT2D eigenvalue weighted by molar-refractivity contribution is 5.92. The van der Waals surface area contributed by atoms with Gasteiger partial charge in [-0.2, -0.15) is 0 Å². The van der Waals surface area contributed by atoms with Crippen LogP contribution in [0.5, 0.6) is 17.2 Å². The molecule has 156 valence electrons. The van der Waals surface area contributed by atoms with Gasteiger partial charge in [-0.3, -0.25) is 4.79 Å². The van der Waals surface area contributed by atoms with E-state index in [1.165, 1.54) is 0 Å². The molecule has 0 spiro atoms. The Morgan fingerprint density at radius 2 is 1.59 bits per heavy atom. The van der Waals surface area contributed by atoms with Crippen molar-refractivity contribution in [2.45, 2.75) is 20.0 Å². The lowest BCUT2D eigenvalue weighted by molar-refractivity contribution is 0.100. The quantitative estimate of drug-likeness (QED) is 0.439. The van der Waals surface area contributed by atoms with Gasteiger partial charge in [0.15, 0.2) is 17.5 Å². The van der Waals surface area contributed by atoms with Crippen molar-refractivity contribution in [3.8, 4) is 17.2 Å². The number of ether oxygens (including phenoxy) is 3. The smallest absolute Gasteiger partial charge is 0.248 e. The molecule has 0 atom stereocenters. The third kappa shape index (κ3) is 6.03. The van der Waals surface area contributed by atoms with Crippen molar-refractivity contribution in [2.24, 2.45) is 10.7 Å². The van der Waals surface area contributed by atoms with E-state index < -0.39 is 5.91 Å². The molecule has 0 radical (unpaired) electrons. The van der Waals surface area contributed by atoms with Gasteiger partial charge in [0.05, 0.1) is 27.9 Å². The van der Waals surface area contributed by atoms with Crippen LogP contribution in [0.3, 0.4) is 0 Å². The Bertz CT molecular complexity index is 825. The van der Waals surface area contributed by atoms with Gasteiger partial charge in [0.2, 0.25) is 11.7 Å². The third-order valence-electron chi connectivity index (χ3n) is 4.19. The molecule has 8 heteroatoms. The van der Waals surface area contributed by atoms with Gasteiger partial charge in [-0.1, -0.05) is 12.1 Å². The van der Waals surface area contributed by atoms with Gasteiger partial charge in [-0.05, 0) is 42.3 Å². The summed E-state index contributed by atoms with van der Waals surface area (Å²) in [6, 6.07) is 10.9. The second-order valence-electron chi connectivity index (χ2n) is 6.14. The SMILES string of the molecule is CCNC(=NCc1cc(OC)c(OC)c(OC)c1)NCc1ccc(C(N)=O)cc1. The molecule has 0 aliphatic heterocycles. The summed E-state index contributed by atoms with van der Waals surface area (Å²) in [7, 11) is 4.74. The predicted octanol–water partition coefficient (Wildman–Crippen LogP) is 2.07. The highest BCUT2D eigenvalue weighted by Crippen LogP contribution is 2.38. The van der Waals surface area contributed by atoms with Crippen molar-refractivity contribution in [1.29, 1.82) is 0 Å². The van der Waals surface area contributed by atoms with Gasteiger partial charge in [-0.15, -0.1) is 0 Å². The van der Waals surface area contributed by atoms with Crippen LogP contribution in [0.15, 0.2) is 41.4 Å². The van der Waals surface area contributed by atoms with Crippen LogP contribution in [0.1, 0.15) is 28.4 Å². The lowest BCUT2D eigenvalue weighted by Crippen LogP contribution is -2.36. The average Bonchev–Trinajstić information content (AvgIpc) is 2.74. The summed E-state index contributed by atoms with van der Waals surface area (Å²) in [5, 5.41) is 6.48. The fraction of sp³-hybridized carbons (Fsp3) is 0.333. The van der Waals surface area contributed by atoms with E-state index in [-0.39, 0.29) is 0 Å². The van der Waals surface area contributed by atoms with Crippen molar-refractivity contribution >= 4 is 11.9 Å². The summed E-state index contributed by atoms with van der Waals surface area (Å²) in [5.41, 5.74) is 7.68. The number of carbonyl (C=O) groups is 1. The summed E-state index contributed by atoms with van der Waals surface area (Å²) in [6.45, 7) is 3.70. The van der Waals surface area contributed by atoms with Crippen LogP contribution in [0, 0.1) is 0 Å². The third-order valence-corrected chi connectivity index (χ3v) is 4.19.